The Balaban J connectivity index is 1.81. The van der Waals surface area contributed by atoms with Crippen LogP contribution >= 0.6 is 0 Å². The van der Waals surface area contributed by atoms with Crippen LogP contribution in [0, 0.1) is 11.6 Å². The maximum absolute atomic E-state index is 13.6. The van der Waals surface area contributed by atoms with Gasteiger partial charge in [-0.1, -0.05) is 24.3 Å². The van der Waals surface area contributed by atoms with Crippen molar-refractivity contribution in [3.63, 3.8) is 0 Å². The van der Waals surface area contributed by atoms with Crippen molar-refractivity contribution in [1.82, 2.24) is 4.98 Å². The monoisotopic (exact) mass is 286 g/mol. The highest BCUT2D eigenvalue weighted by Crippen LogP contribution is 2.21. The molecule has 0 saturated heterocycles. The Hall–Kier alpha value is -2.69. The van der Waals surface area contributed by atoms with E-state index in [-0.39, 0.29) is 23.8 Å². The Bertz CT molecular complexity index is 811. The molecular weight excluding hydrogens is 274 g/mol. The van der Waals surface area contributed by atoms with E-state index < -0.39 is 5.82 Å². The average molecular weight is 286 g/mol. The number of hydrogen-bond acceptors (Lipinski definition) is 1. The van der Waals surface area contributed by atoms with Crippen molar-refractivity contribution < 1.29 is 13.6 Å². The van der Waals surface area contributed by atoms with Gasteiger partial charge in [0.25, 0.3) is 0 Å². The summed E-state index contributed by atoms with van der Waals surface area (Å²) in [4.78, 5) is 14.8. The van der Waals surface area contributed by atoms with E-state index in [0.29, 0.717) is 16.5 Å². The maximum atomic E-state index is 13.6. The number of halogens is 2. The van der Waals surface area contributed by atoms with Gasteiger partial charge in [-0.2, -0.15) is 0 Å². The number of aromatic amines is 1. The largest absolute Gasteiger partial charge is 0.359 e. The number of nitrogens with one attached hydrogen (secondary N) is 2. The maximum Gasteiger partial charge on any atom is 0.228 e. The number of hydrogen-bond donors (Lipinski definition) is 2. The minimum atomic E-state index is -0.490. The molecule has 2 aromatic carbocycles. The number of fused-ring (bicyclic) bond motifs is 1. The minimum absolute atomic E-state index is 0.0395. The van der Waals surface area contributed by atoms with Crippen LogP contribution in [0.4, 0.5) is 14.5 Å². The molecule has 0 aliphatic carbocycles. The van der Waals surface area contributed by atoms with E-state index in [0.717, 1.165) is 0 Å². The fourth-order valence-electron chi connectivity index (χ4n) is 2.25. The summed E-state index contributed by atoms with van der Waals surface area (Å²) >= 11 is 0. The predicted octanol–water partition coefficient (Wildman–Crippen LogP) is 3.63. The molecule has 3 rings (SSSR count). The molecule has 106 valence electrons. The number of benzene rings is 2. The van der Waals surface area contributed by atoms with Crippen LogP contribution in [0.3, 0.4) is 0 Å². The first-order valence-corrected chi connectivity index (χ1v) is 6.44. The molecule has 0 unspecified atom stereocenters. The van der Waals surface area contributed by atoms with E-state index in [1.165, 1.54) is 18.2 Å². The van der Waals surface area contributed by atoms with E-state index in [1.54, 1.807) is 30.5 Å². The van der Waals surface area contributed by atoms with E-state index in [1.807, 2.05) is 0 Å². The molecule has 0 atom stereocenters. The third-order valence-corrected chi connectivity index (χ3v) is 3.25. The second-order valence-electron chi connectivity index (χ2n) is 4.68. The number of anilines is 1. The Kier molecular flexibility index (Phi) is 3.39. The summed E-state index contributed by atoms with van der Waals surface area (Å²) in [6.07, 6.45) is 1.63. The summed E-state index contributed by atoms with van der Waals surface area (Å²) in [5.74, 6) is -1.21. The second kappa shape index (κ2) is 5.36. The highest BCUT2D eigenvalue weighted by atomic mass is 19.1. The lowest BCUT2D eigenvalue weighted by Gasteiger charge is -2.05. The SMILES string of the molecule is O=C(Cc1c[nH]c2c(F)cccc12)Nc1ccccc1F. The number of rotatable bonds is 3. The molecule has 0 aliphatic rings. The number of H-pyrrole nitrogens is 1. The van der Waals surface area contributed by atoms with E-state index in [9.17, 15) is 13.6 Å². The summed E-state index contributed by atoms with van der Waals surface area (Å²) < 4.78 is 27.0. The van der Waals surface area contributed by atoms with Gasteiger partial charge in [-0.25, -0.2) is 8.78 Å². The van der Waals surface area contributed by atoms with Gasteiger partial charge in [0.15, 0.2) is 0 Å². The van der Waals surface area contributed by atoms with Crippen molar-refractivity contribution in [2.24, 2.45) is 0 Å². The molecule has 2 N–H and O–H groups in total. The van der Waals surface area contributed by atoms with Crippen molar-refractivity contribution in [3.8, 4) is 0 Å². The van der Waals surface area contributed by atoms with E-state index >= 15 is 0 Å². The van der Waals surface area contributed by atoms with Gasteiger partial charge in [0.05, 0.1) is 17.6 Å². The quantitative estimate of drug-likeness (QED) is 0.758. The van der Waals surface area contributed by atoms with Crippen LogP contribution in [0.15, 0.2) is 48.7 Å². The van der Waals surface area contributed by atoms with Crippen molar-refractivity contribution >= 4 is 22.5 Å². The summed E-state index contributed by atoms with van der Waals surface area (Å²) in [6.45, 7) is 0. The van der Waals surface area contributed by atoms with Crippen LogP contribution in [0.25, 0.3) is 10.9 Å². The zero-order chi connectivity index (χ0) is 14.8. The first-order valence-electron chi connectivity index (χ1n) is 6.44. The molecule has 0 spiro atoms. The van der Waals surface area contributed by atoms with Crippen LogP contribution in [0.5, 0.6) is 0 Å². The zero-order valence-electron chi connectivity index (χ0n) is 11.0. The normalized spacial score (nSPS) is 10.8. The molecular formula is C16H12F2N2O. The van der Waals surface area contributed by atoms with Crippen molar-refractivity contribution in [2.45, 2.75) is 6.42 Å². The van der Waals surface area contributed by atoms with E-state index in [2.05, 4.69) is 10.3 Å². The topological polar surface area (TPSA) is 44.9 Å². The van der Waals surface area contributed by atoms with Crippen molar-refractivity contribution in [3.05, 3.63) is 65.9 Å². The fraction of sp³-hybridized carbons (Fsp3) is 0.0625. The van der Waals surface area contributed by atoms with Gasteiger partial charge in [-0.3, -0.25) is 4.79 Å². The summed E-state index contributed by atoms with van der Waals surface area (Å²) in [6, 6.07) is 10.6. The Morgan fingerprint density at radius 2 is 1.81 bits per heavy atom. The average Bonchev–Trinajstić information content (AvgIpc) is 2.86. The van der Waals surface area contributed by atoms with Gasteiger partial charge >= 0.3 is 0 Å². The molecule has 5 heteroatoms. The van der Waals surface area contributed by atoms with Crippen molar-refractivity contribution in [2.75, 3.05) is 5.32 Å². The van der Waals surface area contributed by atoms with Gasteiger partial charge in [0.2, 0.25) is 5.91 Å². The molecule has 0 radical (unpaired) electrons. The number of carbonyl (C=O) groups excluding carboxylic acids is 1. The predicted molar refractivity (Wildman–Crippen MR) is 77.0 cm³/mol. The fourth-order valence-corrected chi connectivity index (χ4v) is 2.25. The van der Waals surface area contributed by atoms with Crippen LogP contribution in [0.1, 0.15) is 5.56 Å². The standard InChI is InChI=1S/C16H12F2N2O/c17-12-5-1-2-7-14(12)20-15(21)8-10-9-19-16-11(10)4-3-6-13(16)18/h1-7,9,19H,8H2,(H,20,21). The van der Waals surface area contributed by atoms with Crippen LogP contribution in [-0.4, -0.2) is 10.9 Å². The highest BCUT2D eigenvalue weighted by Gasteiger charge is 2.12. The van der Waals surface area contributed by atoms with Crippen LogP contribution < -0.4 is 5.32 Å². The Labute approximate surface area is 119 Å². The van der Waals surface area contributed by atoms with Gasteiger partial charge in [0.1, 0.15) is 11.6 Å². The highest BCUT2D eigenvalue weighted by molar-refractivity contribution is 5.95. The molecule has 0 aliphatic heterocycles. The molecule has 1 amide bonds. The van der Waals surface area contributed by atoms with Crippen molar-refractivity contribution in [1.29, 1.82) is 0 Å². The lowest BCUT2D eigenvalue weighted by molar-refractivity contribution is -0.115. The molecule has 1 aromatic heterocycles. The molecule has 3 aromatic rings. The minimum Gasteiger partial charge on any atom is -0.359 e. The smallest absolute Gasteiger partial charge is 0.228 e. The number of aromatic nitrogens is 1. The van der Waals surface area contributed by atoms with Gasteiger partial charge < -0.3 is 10.3 Å². The first-order chi connectivity index (χ1) is 10.1. The third-order valence-electron chi connectivity index (χ3n) is 3.25. The van der Waals surface area contributed by atoms with E-state index in [4.69, 9.17) is 0 Å². The Morgan fingerprint density at radius 3 is 2.62 bits per heavy atom. The molecule has 21 heavy (non-hydrogen) atoms. The summed E-state index contributed by atoms with van der Waals surface area (Å²) in [7, 11) is 0. The zero-order valence-corrected chi connectivity index (χ0v) is 11.0. The lowest BCUT2D eigenvalue weighted by atomic mass is 10.1. The van der Waals surface area contributed by atoms with Crippen LogP contribution in [-0.2, 0) is 11.2 Å². The molecule has 3 nitrogen and oxygen atoms in total. The molecule has 0 fully saturated rings. The lowest BCUT2D eigenvalue weighted by Crippen LogP contribution is -2.15. The number of amides is 1. The van der Waals surface area contributed by atoms with Gasteiger partial charge in [0, 0.05) is 11.6 Å². The van der Waals surface area contributed by atoms with Gasteiger partial charge in [-0.05, 0) is 23.8 Å². The van der Waals surface area contributed by atoms with Gasteiger partial charge in [-0.15, -0.1) is 0 Å². The first kappa shape index (κ1) is 13.3. The summed E-state index contributed by atoms with van der Waals surface area (Å²) in [5.41, 5.74) is 1.16. The third kappa shape index (κ3) is 2.63. The summed E-state index contributed by atoms with van der Waals surface area (Å²) in [5, 5.41) is 3.16. The number of para-hydroxylation sites is 2. The molecule has 1 heterocycles. The molecule has 0 bridgehead atoms. The van der Waals surface area contributed by atoms with Crippen LogP contribution in [0.2, 0.25) is 0 Å². The second-order valence-corrected chi connectivity index (χ2v) is 4.68. The molecule has 0 saturated carbocycles. The number of carbonyl (C=O) groups is 1. The Morgan fingerprint density at radius 1 is 1.05 bits per heavy atom.